The molecule has 0 aromatic heterocycles. The Balaban J connectivity index is 2.70. The summed E-state index contributed by atoms with van der Waals surface area (Å²) in [5, 5.41) is 0. The van der Waals surface area contributed by atoms with Gasteiger partial charge in [-0.2, -0.15) is 0 Å². The maximum absolute atomic E-state index is 6.33. The normalized spacial score (nSPS) is 18.4. The fraction of sp³-hybridized carbons (Fsp3) is 0.667. The van der Waals surface area contributed by atoms with Gasteiger partial charge in [-0.25, -0.2) is 0 Å². The average molecular weight is 275 g/mol. The summed E-state index contributed by atoms with van der Waals surface area (Å²) in [5.74, 6) is 2.05. The lowest BCUT2D eigenvalue weighted by atomic mass is 9.79. The van der Waals surface area contributed by atoms with Gasteiger partial charge in [0.2, 0.25) is 0 Å². The van der Waals surface area contributed by atoms with Crippen molar-refractivity contribution in [2.24, 2.45) is 5.73 Å². The first kappa shape index (κ1) is 15.4. The molecular weight excluding hydrogens is 246 g/mol. The summed E-state index contributed by atoms with van der Waals surface area (Å²) in [5.41, 5.74) is 10.6. The Bertz CT molecular complexity index is 484. The van der Waals surface area contributed by atoms with Crippen LogP contribution in [0.3, 0.4) is 0 Å². The highest BCUT2D eigenvalue weighted by atomic mass is 16.5. The molecule has 2 nitrogen and oxygen atoms in total. The third-order valence-electron chi connectivity index (χ3n) is 4.83. The predicted octanol–water partition coefficient (Wildman–Crippen LogP) is 4.32. The lowest BCUT2D eigenvalue weighted by Gasteiger charge is -2.29. The van der Waals surface area contributed by atoms with Crippen molar-refractivity contribution in [3.8, 4) is 5.75 Å². The SMILES string of the molecule is COc1c(C(C)C)ccc(C(C)C)c1C1(C(C)N)CC1. The second-order valence-electron chi connectivity index (χ2n) is 6.91. The van der Waals surface area contributed by atoms with E-state index < -0.39 is 0 Å². The van der Waals surface area contributed by atoms with Crippen molar-refractivity contribution in [3.63, 3.8) is 0 Å². The second kappa shape index (κ2) is 5.40. The minimum absolute atomic E-state index is 0.135. The zero-order chi connectivity index (χ0) is 15.1. The molecule has 2 N–H and O–H groups in total. The first-order valence-electron chi connectivity index (χ1n) is 7.82. The summed E-state index contributed by atoms with van der Waals surface area (Å²) in [6, 6.07) is 4.70. The first-order chi connectivity index (χ1) is 9.35. The van der Waals surface area contributed by atoms with Gasteiger partial charge in [0.15, 0.2) is 0 Å². The number of nitrogens with two attached hydrogens (primary N) is 1. The van der Waals surface area contributed by atoms with Crippen molar-refractivity contribution in [2.75, 3.05) is 7.11 Å². The zero-order valence-corrected chi connectivity index (χ0v) is 13.8. The molecule has 1 atom stereocenters. The molecular formula is C18H29NO. The molecule has 1 aliphatic carbocycles. The second-order valence-corrected chi connectivity index (χ2v) is 6.91. The van der Waals surface area contributed by atoms with Crippen molar-refractivity contribution in [3.05, 3.63) is 28.8 Å². The molecule has 20 heavy (non-hydrogen) atoms. The van der Waals surface area contributed by atoms with Gasteiger partial charge in [0, 0.05) is 17.0 Å². The van der Waals surface area contributed by atoms with Crippen LogP contribution in [0.1, 0.15) is 76.0 Å². The van der Waals surface area contributed by atoms with Gasteiger partial charge in [0.25, 0.3) is 0 Å². The molecule has 1 unspecified atom stereocenters. The Morgan fingerprint density at radius 2 is 1.50 bits per heavy atom. The van der Waals surface area contributed by atoms with Crippen LogP contribution in [0.4, 0.5) is 0 Å². The minimum Gasteiger partial charge on any atom is -0.496 e. The van der Waals surface area contributed by atoms with Gasteiger partial charge < -0.3 is 10.5 Å². The van der Waals surface area contributed by atoms with E-state index >= 15 is 0 Å². The van der Waals surface area contributed by atoms with Crippen LogP contribution < -0.4 is 10.5 Å². The summed E-state index contributed by atoms with van der Waals surface area (Å²) in [4.78, 5) is 0. The molecule has 0 bridgehead atoms. The molecule has 0 amide bonds. The van der Waals surface area contributed by atoms with Gasteiger partial charge in [-0.1, -0.05) is 39.8 Å². The molecule has 0 spiro atoms. The molecule has 1 aromatic rings. The van der Waals surface area contributed by atoms with E-state index in [9.17, 15) is 0 Å². The van der Waals surface area contributed by atoms with Crippen molar-refractivity contribution in [1.29, 1.82) is 0 Å². The van der Waals surface area contributed by atoms with E-state index in [1.165, 1.54) is 29.5 Å². The van der Waals surface area contributed by atoms with Crippen LogP contribution in [0, 0.1) is 0 Å². The highest BCUT2D eigenvalue weighted by Crippen LogP contribution is 2.56. The quantitative estimate of drug-likeness (QED) is 0.868. The molecule has 112 valence electrons. The van der Waals surface area contributed by atoms with Crippen molar-refractivity contribution in [1.82, 2.24) is 0 Å². The number of ether oxygens (including phenoxy) is 1. The number of hydrogen-bond acceptors (Lipinski definition) is 2. The Labute approximate surface area is 123 Å². The van der Waals surface area contributed by atoms with Crippen LogP contribution in [0.2, 0.25) is 0 Å². The Kier molecular flexibility index (Phi) is 4.15. The van der Waals surface area contributed by atoms with Crippen LogP contribution in [-0.2, 0) is 5.41 Å². The summed E-state index contributed by atoms with van der Waals surface area (Å²) >= 11 is 0. The predicted molar refractivity (Wildman–Crippen MR) is 85.7 cm³/mol. The van der Waals surface area contributed by atoms with Gasteiger partial charge in [-0.3, -0.25) is 0 Å². The monoisotopic (exact) mass is 275 g/mol. The maximum atomic E-state index is 6.33. The van der Waals surface area contributed by atoms with Gasteiger partial charge >= 0.3 is 0 Å². The van der Waals surface area contributed by atoms with E-state index in [2.05, 4.69) is 46.8 Å². The van der Waals surface area contributed by atoms with E-state index in [1.807, 2.05) is 0 Å². The number of hydrogen-bond donors (Lipinski definition) is 1. The highest BCUT2D eigenvalue weighted by Gasteiger charge is 2.50. The minimum atomic E-state index is 0.135. The Hall–Kier alpha value is -1.02. The number of methoxy groups -OCH3 is 1. The third-order valence-corrected chi connectivity index (χ3v) is 4.83. The molecule has 0 radical (unpaired) electrons. The van der Waals surface area contributed by atoms with Crippen LogP contribution in [-0.4, -0.2) is 13.2 Å². The van der Waals surface area contributed by atoms with Crippen molar-refractivity contribution < 1.29 is 4.74 Å². The lowest BCUT2D eigenvalue weighted by molar-refractivity contribution is 0.389. The van der Waals surface area contributed by atoms with Crippen LogP contribution in [0.25, 0.3) is 0 Å². The molecule has 1 aliphatic rings. The molecule has 2 heteroatoms. The number of rotatable bonds is 5. The topological polar surface area (TPSA) is 35.2 Å². The van der Waals surface area contributed by atoms with Gasteiger partial charge in [0.05, 0.1) is 7.11 Å². The maximum Gasteiger partial charge on any atom is 0.126 e. The third kappa shape index (κ3) is 2.35. The van der Waals surface area contributed by atoms with Crippen LogP contribution in [0.15, 0.2) is 12.1 Å². The van der Waals surface area contributed by atoms with E-state index in [0.717, 1.165) is 5.75 Å². The largest absolute Gasteiger partial charge is 0.496 e. The number of benzene rings is 1. The van der Waals surface area contributed by atoms with Crippen molar-refractivity contribution >= 4 is 0 Å². The highest BCUT2D eigenvalue weighted by molar-refractivity contribution is 5.55. The van der Waals surface area contributed by atoms with Crippen LogP contribution >= 0.6 is 0 Å². The van der Waals surface area contributed by atoms with Gasteiger partial charge in [0.1, 0.15) is 5.75 Å². The van der Waals surface area contributed by atoms with E-state index in [-0.39, 0.29) is 11.5 Å². The summed E-state index contributed by atoms with van der Waals surface area (Å²) < 4.78 is 5.85. The zero-order valence-electron chi connectivity index (χ0n) is 13.8. The Morgan fingerprint density at radius 1 is 1.00 bits per heavy atom. The molecule has 0 heterocycles. The van der Waals surface area contributed by atoms with Gasteiger partial charge in [-0.05, 0) is 42.7 Å². The fourth-order valence-corrected chi connectivity index (χ4v) is 3.35. The summed E-state index contributed by atoms with van der Waals surface area (Å²) in [7, 11) is 1.80. The first-order valence-corrected chi connectivity index (χ1v) is 7.82. The van der Waals surface area contributed by atoms with E-state index in [4.69, 9.17) is 10.5 Å². The molecule has 2 rings (SSSR count). The summed E-state index contributed by atoms with van der Waals surface area (Å²) in [6.45, 7) is 11.1. The average Bonchev–Trinajstić information content (AvgIpc) is 3.17. The molecule has 0 aliphatic heterocycles. The smallest absolute Gasteiger partial charge is 0.126 e. The van der Waals surface area contributed by atoms with Gasteiger partial charge in [-0.15, -0.1) is 0 Å². The molecule has 0 saturated heterocycles. The van der Waals surface area contributed by atoms with Crippen LogP contribution in [0.5, 0.6) is 5.75 Å². The van der Waals surface area contributed by atoms with Crippen molar-refractivity contribution in [2.45, 2.75) is 70.8 Å². The fourth-order valence-electron chi connectivity index (χ4n) is 3.35. The lowest BCUT2D eigenvalue weighted by Crippen LogP contribution is -2.33. The molecule has 1 saturated carbocycles. The summed E-state index contributed by atoms with van der Waals surface area (Å²) in [6.07, 6.45) is 2.37. The van der Waals surface area contributed by atoms with E-state index in [1.54, 1.807) is 7.11 Å². The molecule has 1 fully saturated rings. The standard InChI is InChI=1S/C18H29NO/c1-11(2)14-7-8-15(12(3)4)17(20-6)16(14)18(9-10-18)13(5)19/h7-8,11-13H,9-10,19H2,1-6H3. The Morgan fingerprint density at radius 3 is 1.85 bits per heavy atom. The molecule has 1 aromatic carbocycles. The van der Waals surface area contributed by atoms with E-state index in [0.29, 0.717) is 11.8 Å².